The SMILES string of the molecule is C[C@@H](CO)Nc1ccc(C#N)cc1N. The van der Waals surface area contributed by atoms with Crippen LogP contribution >= 0.6 is 0 Å². The Morgan fingerprint density at radius 2 is 2.36 bits per heavy atom. The average Bonchev–Trinajstić information content (AvgIpc) is 2.20. The van der Waals surface area contributed by atoms with E-state index in [0.717, 1.165) is 5.69 Å². The van der Waals surface area contributed by atoms with Crippen molar-refractivity contribution in [2.24, 2.45) is 0 Å². The maximum Gasteiger partial charge on any atom is 0.0992 e. The molecule has 1 aromatic carbocycles. The average molecular weight is 191 g/mol. The number of nitrogens with zero attached hydrogens (tertiary/aromatic N) is 1. The van der Waals surface area contributed by atoms with Crippen LogP contribution in [-0.2, 0) is 0 Å². The summed E-state index contributed by atoms with van der Waals surface area (Å²) in [6.07, 6.45) is 0. The number of hydrogen-bond donors (Lipinski definition) is 3. The lowest BCUT2D eigenvalue weighted by atomic mass is 10.2. The first-order valence-corrected chi connectivity index (χ1v) is 4.34. The molecule has 1 atom stereocenters. The van der Waals surface area contributed by atoms with Crippen molar-refractivity contribution in [1.82, 2.24) is 0 Å². The third-order valence-corrected chi connectivity index (χ3v) is 1.86. The van der Waals surface area contributed by atoms with Crippen LogP contribution in [0.2, 0.25) is 0 Å². The molecule has 4 heteroatoms. The molecule has 0 aliphatic rings. The summed E-state index contributed by atoms with van der Waals surface area (Å²) in [6, 6.07) is 6.98. The maximum absolute atomic E-state index is 8.83. The Balaban J connectivity index is 2.85. The zero-order valence-corrected chi connectivity index (χ0v) is 7.99. The molecular formula is C10H13N3O. The van der Waals surface area contributed by atoms with E-state index < -0.39 is 0 Å². The van der Waals surface area contributed by atoms with Gasteiger partial charge in [0.15, 0.2) is 0 Å². The molecule has 4 nitrogen and oxygen atoms in total. The summed E-state index contributed by atoms with van der Waals surface area (Å²) in [5.74, 6) is 0. The van der Waals surface area contributed by atoms with Gasteiger partial charge in [-0.2, -0.15) is 5.26 Å². The molecule has 0 radical (unpaired) electrons. The molecule has 0 spiro atoms. The molecule has 0 saturated carbocycles. The largest absolute Gasteiger partial charge is 0.397 e. The van der Waals surface area contributed by atoms with Gasteiger partial charge >= 0.3 is 0 Å². The molecule has 0 saturated heterocycles. The zero-order chi connectivity index (χ0) is 10.6. The van der Waals surface area contributed by atoms with Crippen LogP contribution < -0.4 is 11.1 Å². The van der Waals surface area contributed by atoms with Gasteiger partial charge < -0.3 is 16.2 Å². The third kappa shape index (κ3) is 2.38. The molecule has 4 N–H and O–H groups in total. The molecule has 14 heavy (non-hydrogen) atoms. The third-order valence-electron chi connectivity index (χ3n) is 1.86. The van der Waals surface area contributed by atoms with Crippen LogP contribution in [0.25, 0.3) is 0 Å². The van der Waals surface area contributed by atoms with E-state index in [2.05, 4.69) is 5.32 Å². The number of hydrogen-bond acceptors (Lipinski definition) is 4. The zero-order valence-electron chi connectivity index (χ0n) is 7.99. The van der Waals surface area contributed by atoms with Crippen molar-refractivity contribution in [2.75, 3.05) is 17.7 Å². The number of aliphatic hydroxyl groups is 1. The molecule has 74 valence electrons. The Labute approximate surface area is 83.0 Å². The second kappa shape index (κ2) is 4.49. The lowest BCUT2D eigenvalue weighted by molar-refractivity contribution is 0.281. The van der Waals surface area contributed by atoms with Crippen LogP contribution in [0.3, 0.4) is 0 Å². The quantitative estimate of drug-likeness (QED) is 0.621. The lowest BCUT2D eigenvalue weighted by Crippen LogP contribution is -2.19. The van der Waals surface area contributed by atoms with E-state index in [0.29, 0.717) is 11.3 Å². The number of nitrogens with one attached hydrogen (secondary N) is 1. The summed E-state index contributed by atoms with van der Waals surface area (Å²) in [7, 11) is 0. The highest BCUT2D eigenvalue weighted by Crippen LogP contribution is 2.20. The molecular weight excluding hydrogens is 178 g/mol. The summed E-state index contributed by atoms with van der Waals surface area (Å²) in [5, 5.41) is 20.5. The van der Waals surface area contributed by atoms with E-state index in [1.165, 1.54) is 0 Å². The molecule has 0 aliphatic carbocycles. The minimum absolute atomic E-state index is 0.0411. The molecule has 0 heterocycles. The van der Waals surface area contributed by atoms with E-state index in [1.54, 1.807) is 18.2 Å². The lowest BCUT2D eigenvalue weighted by Gasteiger charge is -2.14. The topological polar surface area (TPSA) is 82.1 Å². The molecule has 1 rings (SSSR count). The van der Waals surface area contributed by atoms with Crippen molar-refractivity contribution >= 4 is 11.4 Å². The number of aliphatic hydroxyl groups excluding tert-OH is 1. The Bertz CT molecular complexity index is 357. The fraction of sp³-hybridized carbons (Fsp3) is 0.300. The predicted octanol–water partition coefficient (Wildman–Crippen LogP) is 0.933. The first-order valence-electron chi connectivity index (χ1n) is 4.34. The van der Waals surface area contributed by atoms with Gasteiger partial charge in [-0.1, -0.05) is 0 Å². The Morgan fingerprint density at radius 1 is 1.64 bits per heavy atom. The van der Waals surface area contributed by atoms with Crippen molar-refractivity contribution in [3.63, 3.8) is 0 Å². The van der Waals surface area contributed by atoms with Crippen molar-refractivity contribution < 1.29 is 5.11 Å². The summed E-state index contributed by atoms with van der Waals surface area (Å²) >= 11 is 0. The van der Waals surface area contributed by atoms with Crippen molar-refractivity contribution in [1.29, 1.82) is 5.26 Å². The second-order valence-corrected chi connectivity index (χ2v) is 3.14. The van der Waals surface area contributed by atoms with Gasteiger partial charge in [-0.25, -0.2) is 0 Å². The van der Waals surface area contributed by atoms with Gasteiger partial charge in [0, 0.05) is 6.04 Å². The van der Waals surface area contributed by atoms with Gasteiger partial charge in [-0.3, -0.25) is 0 Å². The summed E-state index contributed by atoms with van der Waals surface area (Å²) in [6.45, 7) is 1.89. The fourth-order valence-corrected chi connectivity index (χ4v) is 1.07. The molecule has 0 bridgehead atoms. The van der Waals surface area contributed by atoms with Crippen LogP contribution in [0.15, 0.2) is 18.2 Å². The summed E-state index contributed by atoms with van der Waals surface area (Å²) in [5.41, 5.74) is 7.50. The Kier molecular flexibility index (Phi) is 3.32. The molecule has 0 aromatic heterocycles. The van der Waals surface area contributed by atoms with Crippen LogP contribution in [0.5, 0.6) is 0 Å². The minimum atomic E-state index is -0.0507. The highest BCUT2D eigenvalue weighted by molar-refractivity contribution is 5.68. The molecule has 0 fully saturated rings. The first-order chi connectivity index (χ1) is 6.67. The number of rotatable bonds is 3. The maximum atomic E-state index is 8.83. The molecule has 0 unspecified atom stereocenters. The number of nitrogens with two attached hydrogens (primary N) is 1. The first kappa shape index (κ1) is 10.4. The number of nitriles is 1. The van der Waals surface area contributed by atoms with E-state index in [4.69, 9.17) is 16.1 Å². The standard InChI is InChI=1S/C10H13N3O/c1-7(6-14)13-10-3-2-8(5-11)4-9(10)12/h2-4,7,13-14H,6,12H2,1H3/t7-/m0/s1. The normalized spacial score (nSPS) is 11.8. The molecule has 0 amide bonds. The Hall–Kier alpha value is -1.73. The van der Waals surface area contributed by atoms with Gasteiger partial charge in [-0.05, 0) is 25.1 Å². The number of nitrogen functional groups attached to an aromatic ring is 1. The van der Waals surface area contributed by atoms with Crippen LogP contribution in [0.1, 0.15) is 12.5 Å². The highest BCUT2D eigenvalue weighted by Gasteiger charge is 2.03. The minimum Gasteiger partial charge on any atom is -0.397 e. The van der Waals surface area contributed by atoms with Crippen LogP contribution in [-0.4, -0.2) is 17.8 Å². The van der Waals surface area contributed by atoms with Gasteiger partial charge in [-0.15, -0.1) is 0 Å². The summed E-state index contributed by atoms with van der Waals surface area (Å²) in [4.78, 5) is 0. The highest BCUT2D eigenvalue weighted by atomic mass is 16.3. The van der Waals surface area contributed by atoms with Gasteiger partial charge in [0.05, 0.1) is 29.6 Å². The van der Waals surface area contributed by atoms with Gasteiger partial charge in [0.2, 0.25) is 0 Å². The van der Waals surface area contributed by atoms with Gasteiger partial charge in [0.25, 0.3) is 0 Å². The smallest absolute Gasteiger partial charge is 0.0992 e. The van der Waals surface area contributed by atoms with Crippen molar-refractivity contribution in [3.8, 4) is 6.07 Å². The molecule has 0 aliphatic heterocycles. The van der Waals surface area contributed by atoms with E-state index in [1.807, 2.05) is 13.0 Å². The number of benzene rings is 1. The van der Waals surface area contributed by atoms with E-state index >= 15 is 0 Å². The monoisotopic (exact) mass is 191 g/mol. The van der Waals surface area contributed by atoms with Crippen molar-refractivity contribution in [2.45, 2.75) is 13.0 Å². The van der Waals surface area contributed by atoms with E-state index in [-0.39, 0.29) is 12.6 Å². The Morgan fingerprint density at radius 3 is 2.86 bits per heavy atom. The van der Waals surface area contributed by atoms with Crippen LogP contribution in [0.4, 0.5) is 11.4 Å². The number of anilines is 2. The van der Waals surface area contributed by atoms with Crippen molar-refractivity contribution in [3.05, 3.63) is 23.8 Å². The fourth-order valence-electron chi connectivity index (χ4n) is 1.07. The molecule has 1 aromatic rings. The predicted molar refractivity (Wildman–Crippen MR) is 55.7 cm³/mol. The van der Waals surface area contributed by atoms with Gasteiger partial charge in [0.1, 0.15) is 0 Å². The van der Waals surface area contributed by atoms with E-state index in [9.17, 15) is 0 Å². The second-order valence-electron chi connectivity index (χ2n) is 3.14. The van der Waals surface area contributed by atoms with Crippen LogP contribution in [0, 0.1) is 11.3 Å². The summed E-state index contributed by atoms with van der Waals surface area (Å²) < 4.78 is 0.